The molecule has 1 aliphatic carbocycles. The van der Waals surface area contributed by atoms with Crippen molar-refractivity contribution in [3.8, 4) is 17.6 Å². The fourth-order valence-electron chi connectivity index (χ4n) is 3.03. The summed E-state index contributed by atoms with van der Waals surface area (Å²) in [4.78, 5) is 0. The predicted octanol–water partition coefficient (Wildman–Crippen LogP) is 3.62. The van der Waals surface area contributed by atoms with Crippen molar-refractivity contribution in [3.05, 3.63) is 29.8 Å². The van der Waals surface area contributed by atoms with Gasteiger partial charge in [0.1, 0.15) is 5.75 Å². The minimum Gasteiger partial charge on any atom is -0.490 e. The molecule has 2 nitrogen and oxygen atoms in total. The molecule has 2 unspecified atom stereocenters. The van der Waals surface area contributed by atoms with Crippen molar-refractivity contribution in [2.45, 2.75) is 45.6 Å². The standard InChI is InChI=1S/C18H24O2/c1-14-10-15(2)12-18(11-14)20-17-8-5-7-16(13-17)6-3-4-9-19/h5,7-8,13-15,18-19H,4,9-12H2,1-2H3. The van der Waals surface area contributed by atoms with Crippen molar-refractivity contribution in [2.75, 3.05) is 6.61 Å². The monoisotopic (exact) mass is 272 g/mol. The van der Waals surface area contributed by atoms with Gasteiger partial charge in [-0.15, -0.1) is 0 Å². The molecule has 1 saturated carbocycles. The van der Waals surface area contributed by atoms with Crippen molar-refractivity contribution < 1.29 is 9.84 Å². The Kier molecular flexibility index (Phi) is 5.49. The highest BCUT2D eigenvalue weighted by molar-refractivity contribution is 5.39. The summed E-state index contributed by atoms with van der Waals surface area (Å²) in [6, 6.07) is 7.95. The van der Waals surface area contributed by atoms with E-state index in [-0.39, 0.29) is 6.61 Å². The Hall–Kier alpha value is -1.46. The maximum atomic E-state index is 8.74. The minimum atomic E-state index is 0.112. The van der Waals surface area contributed by atoms with Crippen LogP contribution in [0.5, 0.6) is 5.75 Å². The highest BCUT2D eigenvalue weighted by Gasteiger charge is 2.25. The number of hydrogen-bond acceptors (Lipinski definition) is 2. The zero-order valence-electron chi connectivity index (χ0n) is 12.4. The molecular weight excluding hydrogens is 248 g/mol. The molecular formula is C18H24O2. The van der Waals surface area contributed by atoms with Gasteiger partial charge in [0.05, 0.1) is 12.7 Å². The lowest BCUT2D eigenvalue weighted by molar-refractivity contribution is 0.101. The first-order valence-electron chi connectivity index (χ1n) is 7.54. The molecule has 0 saturated heterocycles. The molecule has 0 amide bonds. The molecule has 1 aromatic rings. The zero-order valence-corrected chi connectivity index (χ0v) is 12.4. The molecule has 20 heavy (non-hydrogen) atoms. The Balaban J connectivity index is 1.99. The van der Waals surface area contributed by atoms with Crippen molar-refractivity contribution in [3.63, 3.8) is 0 Å². The van der Waals surface area contributed by atoms with Gasteiger partial charge in [-0.05, 0) is 49.3 Å². The Morgan fingerprint density at radius 1 is 1.20 bits per heavy atom. The van der Waals surface area contributed by atoms with Gasteiger partial charge in [0, 0.05) is 12.0 Å². The van der Waals surface area contributed by atoms with E-state index in [4.69, 9.17) is 9.84 Å². The molecule has 1 N–H and O–H groups in total. The molecule has 1 aromatic carbocycles. The maximum absolute atomic E-state index is 8.74. The quantitative estimate of drug-likeness (QED) is 0.852. The van der Waals surface area contributed by atoms with E-state index in [1.165, 1.54) is 6.42 Å². The predicted molar refractivity (Wildman–Crippen MR) is 81.6 cm³/mol. The maximum Gasteiger partial charge on any atom is 0.120 e. The van der Waals surface area contributed by atoms with E-state index in [1.807, 2.05) is 24.3 Å². The number of ether oxygens (including phenoxy) is 1. The van der Waals surface area contributed by atoms with Crippen LogP contribution < -0.4 is 4.74 Å². The average molecular weight is 272 g/mol. The highest BCUT2D eigenvalue weighted by atomic mass is 16.5. The second-order valence-electron chi connectivity index (χ2n) is 5.96. The lowest BCUT2D eigenvalue weighted by Crippen LogP contribution is -2.28. The first-order chi connectivity index (χ1) is 9.67. The minimum absolute atomic E-state index is 0.112. The Morgan fingerprint density at radius 2 is 1.95 bits per heavy atom. The fraction of sp³-hybridized carbons (Fsp3) is 0.556. The van der Waals surface area contributed by atoms with Crippen LogP contribution in [0.4, 0.5) is 0 Å². The molecule has 2 heteroatoms. The second-order valence-corrected chi connectivity index (χ2v) is 5.96. The third-order valence-electron chi connectivity index (χ3n) is 3.74. The second kappa shape index (κ2) is 7.36. The lowest BCUT2D eigenvalue weighted by atomic mass is 9.82. The number of rotatable bonds is 3. The van der Waals surface area contributed by atoms with Crippen LogP contribution in [-0.4, -0.2) is 17.8 Å². The van der Waals surface area contributed by atoms with Gasteiger partial charge in [-0.25, -0.2) is 0 Å². The van der Waals surface area contributed by atoms with Crippen molar-refractivity contribution in [1.29, 1.82) is 0 Å². The van der Waals surface area contributed by atoms with Crippen LogP contribution in [0.2, 0.25) is 0 Å². The summed E-state index contributed by atoms with van der Waals surface area (Å²) in [6.45, 7) is 4.73. The molecule has 0 radical (unpaired) electrons. The summed E-state index contributed by atoms with van der Waals surface area (Å²) in [5, 5.41) is 8.74. The summed E-state index contributed by atoms with van der Waals surface area (Å²) in [6.07, 6.45) is 4.44. The smallest absolute Gasteiger partial charge is 0.120 e. The van der Waals surface area contributed by atoms with Gasteiger partial charge in [-0.2, -0.15) is 0 Å². The van der Waals surface area contributed by atoms with Crippen molar-refractivity contribution >= 4 is 0 Å². The SMILES string of the molecule is CC1CC(C)CC(Oc2cccc(C#CCCO)c2)C1. The molecule has 0 spiro atoms. The van der Waals surface area contributed by atoms with E-state index in [9.17, 15) is 0 Å². The molecule has 1 fully saturated rings. The van der Waals surface area contributed by atoms with Crippen LogP contribution in [0.1, 0.15) is 45.1 Å². The first-order valence-corrected chi connectivity index (χ1v) is 7.54. The first kappa shape index (κ1) is 14.9. The highest BCUT2D eigenvalue weighted by Crippen LogP contribution is 2.31. The molecule has 1 aliphatic rings. The Morgan fingerprint density at radius 3 is 2.65 bits per heavy atom. The van der Waals surface area contributed by atoms with Crippen molar-refractivity contribution in [1.82, 2.24) is 0 Å². The van der Waals surface area contributed by atoms with Crippen molar-refractivity contribution in [2.24, 2.45) is 11.8 Å². The van der Waals surface area contributed by atoms with Gasteiger partial charge in [0.25, 0.3) is 0 Å². The molecule has 0 bridgehead atoms. The van der Waals surface area contributed by atoms with Gasteiger partial charge >= 0.3 is 0 Å². The van der Waals surface area contributed by atoms with Crippen LogP contribution in [0.15, 0.2) is 24.3 Å². The van der Waals surface area contributed by atoms with Crippen LogP contribution in [0.3, 0.4) is 0 Å². The molecule has 0 aromatic heterocycles. The lowest BCUT2D eigenvalue weighted by Gasteiger charge is -2.31. The summed E-state index contributed by atoms with van der Waals surface area (Å²) < 4.78 is 6.13. The molecule has 0 heterocycles. The van der Waals surface area contributed by atoms with E-state index in [1.54, 1.807) is 0 Å². The van der Waals surface area contributed by atoms with E-state index >= 15 is 0 Å². The van der Waals surface area contributed by atoms with E-state index in [0.717, 1.165) is 36.0 Å². The van der Waals surface area contributed by atoms with Crippen LogP contribution in [0.25, 0.3) is 0 Å². The normalized spacial score (nSPS) is 25.6. The molecule has 108 valence electrons. The van der Waals surface area contributed by atoms with Crippen LogP contribution in [0, 0.1) is 23.7 Å². The largest absolute Gasteiger partial charge is 0.490 e. The average Bonchev–Trinajstić information content (AvgIpc) is 2.38. The summed E-state index contributed by atoms with van der Waals surface area (Å²) in [7, 11) is 0. The van der Waals surface area contributed by atoms with E-state index in [2.05, 4.69) is 25.7 Å². The summed E-state index contributed by atoms with van der Waals surface area (Å²) >= 11 is 0. The third-order valence-corrected chi connectivity index (χ3v) is 3.74. The van der Waals surface area contributed by atoms with Gasteiger partial charge in [-0.3, -0.25) is 0 Å². The number of hydrogen-bond donors (Lipinski definition) is 1. The topological polar surface area (TPSA) is 29.5 Å². The van der Waals surface area contributed by atoms with Gasteiger partial charge in [0.15, 0.2) is 0 Å². The molecule has 2 atom stereocenters. The van der Waals surface area contributed by atoms with Gasteiger partial charge in [-0.1, -0.05) is 31.8 Å². The number of benzene rings is 1. The van der Waals surface area contributed by atoms with Gasteiger partial charge in [0.2, 0.25) is 0 Å². The summed E-state index contributed by atoms with van der Waals surface area (Å²) in [5.41, 5.74) is 0.952. The Labute approximate surface area is 122 Å². The number of aliphatic hydroxyl groups is 1. The molecule has 2 rings (SSSR count). The molecule has 0 aliphatic heterocycles. The van der Waals surface area contributed by atoms with E-state index < -0.39 is 0 Å². The van der Waals surface area contributed by atoms with E-state index in [0.29, 0.717) is 12.5 Å². The number of aliphatic hydroxyl groups excluding tert-OH is 1. The third kappa shape index (κ3) is 4.58. The Bertz CT molecular complexity index is 474. The summed E-state index contributed by atoms with van der Waals surface area (Å²) in [5.74, 6) is 8.39. The van der Waals surface area contributed by atoms with Crippen LogP contribution >= 0.6 is 0 Å². The van der Waals surface area contributed by atoms with Crippen LogP contribution in [-0.2, 0) is 0 Å². The zero-order chi connectivity index (χ0) is 14.4. The fourth-order valence-corrected chi connectivity index (χ4v) is 3.03. The van der Waals surface area contributed by atoms with Gasteiger partial charge < -0.3 is 9.84 Å².